The molecule has 4 nitrogen and oxygen atoms in total. The number of fused-ring (bicyclic) bond motifs is 2. The molecule has 0 saturated heterocycles. The van der Waals surface area contributed by atoms with Crippen molar-refractivity contribution in [3.63, 3.8) is 0 Å². The van der Waals surface area contributed by atoms with Crippen LogP contribution in [0.5, 0.6) is 0 Å². The van der Waals surface area contributed by atoms with Crippen LogP contribution in [-0.4, -0.2) is 24.0 Å². The highest BCUT2D eigenvalue weighted by molar-refractivity contribution is 6.48. The van der Waals surface area contributed by atoms with Gasteiger partial charge < -0.3 is 5.32 Å². The molecule has 1 N–H and O–H groups in total. The van der Waals surface area contributed by atoms with E-state index in [9.17, 15) is 14.4 Å². The summed E-state index contributed by atoms with van der Waals surface area (Å²) in [6.45, 7) is 8.58. The molecule has 1 amide bonds. The lowest BCUT2D eigenvalue weighted by molar-refractivity contribution is -0.149. The second-order valence-corrected chi connectivity index (χ2v) is 10.9. The summed E-state index contributed by atoms with van der Waals surface area (Å²) in [5, 5.41) is 3.00. The van der Waals surface area contributed by atoms with E-state index in [1.165, 1.54) is 77.0 Å². The molecule has 2 aliphatic rings. The zero-order chi connectivity index (χ0) is 23.0. The van der Waals surface area contributed by atoms with E-state index >= 15 is 0 Å². The smallest absolute Gasteiger partial charge is 0.234 e. The Morgan fingerprint density at radius 3 is 1.58 bits per heavy atom. The lowest BCUT2D eigenvalue weighted by Crippen LogP contribution is -2.50. The Kier molecular flexibility index (Phi) is 9.76. The predicted molar refractivity (Wildman–Crippen MR) is 127 cm³/mol. The second-order valence-electron chi connectivity index (χ2n) is 10.9. The van der Waals surface area contributed by atoms with Crippen LogP contribution >= 0.6 is 0 Å². The minimum Gasteiger partial charge on any atom is -0.355 e. The summed E-state index contributed by atoms with van der Waals surface area (Å²) in [6, 6.07) is 0. The van der Waals surface area contributed by atoms with Gasteiger partial charge in [-0.3, -0.25) is 14.4 Å². The Morgan fingerprint density at radius 1 is 0.710 bits per heavy atom. The Morgan fingerprint density at radius 2 is 1.16 bits per heavy atom. The number of carbonyl (C=O) groups is 3. The molecule has 2 fully saturated rings. The van der Waals surface area contributed by atoms with Gasteiger partial charge in [-0.15, -0.1) is 0 Å². The number of carbonyl (C=O) groups excluding carboxylic acids is 3. The molecule has 2 rings (SSSR count). The molecule has 2 aliphatic carbocycles. The van der Waals surface area contributed by atoms with Gasteiger partial charge >= 0.3 is 0 Å². The maximum Gasteiger partial charge on any atom is 0.234 e. The zero-order valence-electron chi connectivity index (χ0n) is 20.7. The fraction of sp³-hybridized carbons (Fsp3) is 0.889. The van der Waals surface area contributed by atoms with Crippen LogP contribution in [0.15, 0.2) is 0 Å². The van der Waals surface area contributed by atoms with E-state index in [2.05, 4.69) is 12.2 Å². The maximum absolute atomic E-state index is 13.0. The summed E-state index contributed by atoms with van der Waals surface area (Å²) >= 11 is 0. The topological polar surface area (TPSA) is 63.2 Å². The van der Waals surface area contributed by atoms with E-state index in [4.69, 9.17) is 0 Å². The molecule has 2 atom stereocenters. The quantitative estimate of drug-likeness (QED) is 0.170. The third-order valence-corrected chi connectivity index (χ3v) is 8.74. The van der Waals surface area contributed by atoms with E-state index < -0.39 is 22.0 Å². The molecule has 0 aliphatic heterocycles. The second kappa shape index (κ2) is 11.6. The van der Waals surface area contributed by atoms with Gasteiger partial charge in [-0.1, -0.05) is 111 Å². The number of nitrogens with one attached hydrogen (secondary N) is 1. The number of amides is 1. The first-order chi connectivity index (χ1) is 14.8. The van der Waals surface area contributed by atoms with Crippen molar-refractivity contribution in [2.24, 2.45) is 16.2 Å². The van der Waals surface area contributed by atoms with Crippen LogP contribution < -0.4 is 5.32 Å². The van der Waals surface area contributed by atoms with Gasteiger partial charge in [0.05, 0.1) is 0 Å². The van der Waals surface area contributed by atoms with Crippen LogP contribution in [0.4, 0.5) is 0 Å². The highest BCUT2D eigenvalue weighted by atomic mass is 16.2. The van der Waals surface area contributed by atoms with Gasteiger partial charge in [0.15, 0.2) is 0 Å². The number of rotatable bonds is 16. The highest BCUT2D eigenvalue weighted by Crippen LogP contribution is 2.68. The molecule has 0 radical (unpaired) electrons. The molecule has 0 aromatic carbocycles. The Balaban J connectivity index is 1.52. The molecule has 0 unspecified atom stereocenters. The van der Waals surface area contributed by atoms with E-state index in [0.717, 1.165) is 12.8 Å². The number of Topliss-reactive ketones (excluding diaryl/α,β-unsaturated/α-hetero) is 2. The SMILES string of the molecule is CCCCCCCCCCCCCCCCNC(=O)[C@@]12CC[C@](C)(C(=O)C1=O)C2(C)C. The van der Waals surface area contributed by atoms with Crippen molar-refractivity contribution in [3.05, 3.63) is 0 Å². The fourth-order valence-electron chi connectivity index (χ4n) is 5.95. The average molecular weight is 434 g/mol. The Hall–Kier alpha value is -1.19. The van der Waals surface area contributed by atoms with Gasteiger partial charge in [0, 0.05) is 12.0 Å². The van der Waals surface area contributed by atoms with Crippen LogP contribution in [0, 0.1) is 16.2 Å². The lowest BCUT2D eigenvalue weighted by atomic mass is 9.64. The number of hydrogen-bond acceptors (Lipinski definition) is 3. The molecule has 4 heteroatoms. The van der Waals surface area contributed by atoms with Crippen LogP contribution in [0.3, 0.4) is 0 Å². The maximum atomic E-state index is 13.0. The van der Waals surface area contributed by atoms with Gasteiger partial charge in [0.2, 0.25) is 17.5 Å². The van der Waals surface area contributed by atoms with Crippen LogP contribution in [0.1, 0.15) is 130 Å². The van der Waals surface area contributed by atoms with E-state index in [1.807, 2.05) is 20.8 Å². The Labute approximate surface area is 190 Å². The number of hydrogen-bond donors (Lipinski definition) is 1. The molecular formula is C27H47NO3. The number of unbranched alkanes of at least 4 members (excludes halogenated alkanes) is 13. The first-order valence-corrected chi connectivity index (χ1v) is 13.1. The van der Waals surface area contributed by atoms with Gasteiger partial charge in [-0.25, -0.2) is 0 Å². The molecule has 0 heterocycles. The largest absolute Gasteiger partial charge is 0.355 e. The fourth-order valence-corrected chi connectivity index (χ4v) is 5.95. The van der Waals surface area contributed by atoms with Crippen molar-refractivity contribution in [2.45, 2.75) is 130 Å². The van der Waals surface area contributed by atoms with E-state index in [-0.39, 0.29) is 11.7 Å². The third kappa shape index (κ3) is 5.25. The van der Waals surface area contributed by atoms with Crippen LogP contribution in [0.2, 0.25) is 0 Å². The predicted octanol–water partition coefficient (Wildman–Crippen LogP) is 6.55. The van der Waals surface area contributed by atoms with Crippen molar-refractivity contribution < 1.29 is 14.4 Å². The number of ketones is 2. The summed E-state index contributed by atoms with van der Waals surface area (Å²) in [6.07, 6.45) is 19.4. The molecule has 2 bridgehead atoms. The van der Waals surface area contributed by atoms with Crippen molar-refractivity contribution in [2.75, 3.05) is 6.54 Å². The van der Waals surface area contributed by atoms with Gasteiger partial charge in [0.25, 0.3) is 0 Å². The molecule has 178 valence electrons. The summed E-state index contributed by atoms with van der Waals surface area (Å²) in [5.74, 6) is -1.01. The van der Waals surface area contributed by atoms with Crippen molar-refractivity contribution in [3.8, 4) is 0 Å². The summed E-state index contributed by atoms with van der Waals surface area (Å²) in [7, 11) is 0. The Bertz CT molecular complexity index is 626. The van der Waals surface area contributed by atoms with E-state index in [1.54, 1.807) is 0 Å². The molecule has 0 aromatic rings. The minimum atomic E-state index is -1.14. The summed E-state index contributed by atoms with van der Waals surface area (Å²) in [4.78, 5) is 38.2. The van der Waals surface area contributed by atoms with Gasteiger partial charge in [-0.05, 0) is 24.7 Å². The monoisotopic (exact) mass is 433 g/mol. The van der Waals surface area contributed by atoms with E-state index in [0.29, 0.717) is 19.4 Å². The summed E-state index contributed by atoms with van der Waals surface area (Å²) < 4.78 is 0. The molecule has 31 heavy (non-hydrogen) atoms. The van der Waals surface area contributed by atoms with Gasteiger partial charge in [-0.2, -0.15) is 0 Å². The van der Waals surface area contributed by atoms with Crippen LogP contribution in [-0.2, 0) is 14.4 Å². The molecule has 0 aromatic heterocycles. The minimum absolute atomic E-state index is 0.216. The zero-order valence-corrected chi connectivity index (χ0v) is 20.7. The highest BCUT2D eigenvalue weighted by Gasteiger charge is 2.77. The average Bonchev–Trinajstić information content (AvgIpc) is 3.02. The first-order valence-electron chi connectivity index (χ1n) is 13.1. The lowest BCUT2D eigenvalue weighted by Gasteiger charge is -2.37. The van der Waals surface area contributed by atoms with Crippen molar-refractivity contribution in [1.29, 1.82) is 0 Å². The standard InChI is InChI=1S/C27H47NO3/c1-5-6-7-8-9-10-11-12-13-14-15-16-17-18-21-28-24(31)27-20-19-26(4,25(27,2)3)22(29)23(27)30/h5-21H2,1-4H3,(H,28,31)/t26-,27-/m1/s1. The normalized spacial score (nSPS) is 26.6. The van der Waals surface area contributed by atoms with Gasteiger partial charge in [0.1, 0.15) is 5.41 Å². The first kappa shape index (κ1) is 26.1. The third-order valence-electron chi connectivity index (χ3n) is 8.74. The summed E-state index contributed by atoms with van der Waals surface area (Å²) in [5.41, 5.74) is -2.43. The van der Waals surface area contributed by atoms with Crippen molar-refractivity contribution in [1.82, 2.24) is 5.32 Å². The van der Waals surface area contributed by atoms with Crippen molar-refractivity contribution >= 4 is 17.5 Å². The molecular weight excluding hydrogens is 386 g/mol. The molecule has 2 saturated carbocycles. The molecule has 0 spiro atoms. The van der Waals surface area contributed by atoms with Crippen LogP contribution in [0.25, 0.3) is 0 Å².